The minimum absolute atomic E-state index is 0.0436. The predicted octanol–water partition coefficient (Wildman–Crippen LogP) is 0.105. The van der Waals surface area contributed by atoms with E-state index >= 15 is 0 Å². The molecular formula is C8H13NO2. The summed E-state index contributed by atoms with van der Waals surface area (Å²) in [6.07, 6.45) is 1.87. The molecule has 0 radical (unpaired) electrons. The highest BCUT2D eigenvalue weighted by Gasteiger charge is 2.31. The van der Waals surface area contributed by atoms with Crippen molar-refractivity contribution in [1.82, 2.24) is 0 Å². The van der Waals surface area contributed by atoms with Gasteiger partial charge in [-0.1, -0.05) is 6.58 Å². The summed E-state index contributed by atoms with van der Waals surface area (Å²) in [5.74, 6) is 0.151. The fourth-order valence-corrected chi connectivity index (χ4v) is 1.31. The van der Waals surface area contributed by atoms with Crippen LogP contribution in [0.5, 0.6) is 0 Å². The average molecular weight is 155 g/mol. The van der Waals surface area contributed by atoms with Gasteiger partial charge in [-0.3, -0.25) is 4.79 Å². The van der Waals surface area contributed by atoms with Gasteiger partial charge >= 0.3 is 0 Å². The lowest BCUT2D eigenvalue weighted by atomic mass is 9.99. The number of hydrogen-bond donors (Lipinski definition) is 1. The Morgan fingerprint density at radius 3 is 3.09 bits per heavy atom. The summed E-state index contributed by atoms with van der Waals surface area (Å²) in [7, 11) is 0. The van der Waals surface area contributed by atoms with Crippen LogP contribution in [0, 0.1) is 5.92 Å². The molecule has 0 saturated carbocycles. The molecule has 11 heavy (non-hydrogen) atoms. The van der Waals surface area contributed by atoms with E-state index < -0.39 is 0 Å². The Morgan fingerprint density at radius 1 is 1.82 bits per heavy atom. The topological polar surface area (TPSA) is 52.3 Å². The molecule has 62 valence electrons. The minimum atomic E-state index is -0.322. The Labute approximate surface area is 66.2 Å². The molecule has 1 rings (SSSR count). The molecule has 1 fully saturated rings. The molecule has 0 aliphatic carbocycles. The van der Waals surface area contributed by atoms with E-state index in [9.17, 15) is 4.79 Å². The quantitative estimate of drug-likeness (QED) is 0.588. The summed E-state index contributed by atoms with van der Waals surface area (Å²) in [6.45, 7) is 4.57. The maximum atomic E-state index is 11.1. The number of carbonyl (C=O) groups excluding carboxylic acids is 1. The first-order chi connectivity index (χ1) is 5.29. The largest absolute Gasteiger partial charge is 0.370 e. The fourth-order valence-electron chi connectivity index (χ4n) is 1.31. The van der Waals surface area contributed by atoms with Gasteiger partial charge in [0.15, 0.2) is 5.78 Å². The van der Waals surface area contributed by atoms with E-state index in [-0.39, 0.29) is 17.8 Å². The standard InChI is InChI=1S/C8H13NO2/c1-2-7(10)8-6(5-9)3-4-11-8/h2,6,8H,1,3-5,9H2. The monoisotopic (exact) mass is 155 g/mol. The Balaban J connectivity index is 2.55. The van der Waals surface area contributed by atoms with Crippen LogP contribution in [0.3, 0.4) is 0 Å². The Hall–Kier alpha value is -0.670. The first kappa shape index (κ1) is 8.43. The predicted molar refractivity (Wildman–Crippen MR) is 42.1 cm³/mol. The molecule has 0 spiro atoms. The van der Waals surface area contributed by atoms with Gasteiger partial charge in [0.05, 0.1) is 0 Å². The molecule has 0 aromatic rings. The normalized spacial score (nSPS) is 30.3. The Kier molecular flexibility index (Phi) is 2.79. The van der Waals surface area contributed by atoms with Crippen LogP contribution in [0.1, 0.15) is 6.42 Å². The van der Waals surface area contributed by atoms with E-state index in [4.69, 9.17) is 10.5 Å². The third-order valence-electron chi connectivity index (χ3n) is 2.00. The van der Waals surface area contributed by atoms with Crippen molar-refractivity contribution < 1.29 is 9.53 Å². The SMILES string of the molecule is C=CC(=O)C1OCCC1CN. The molecule has 0 amide bonds. The zero-order chi connectivity index (χ0) is 8.27. The van der Waals surface area contributed by atoms with Crippen molar-refractivity contribution in [2.75, 3.05) is 13.2 Å². The lowest BCUT2D eigenvalue weighted by Crippen LogP contribution is -2.30. The first-order valence-electron chi connectivity index (χ1n) is 3.77. The van der Waals surface area contributed by atoms with Crippen molar-refractivity contribution >= 4 is 5.78 Å². The molecular weight excluding hydrogens is 142 g/mol. The summed E-state index contributed by atoms with van der Waals surface area (Å²) >= 11 is 0. The van der Waals surface area contributed by atoms with Crippen LogP contribution in [0.2, 0.25) is 0 Å². The third-order valence-corrected chi connectivity index (χ3v) is 2.00. The minimum Gasteiger partial charge on any atom is -0.370 e. The van der Waals surface area contributed by atoms with Gasteiger partial charge in [-0.05, 0) is 19.0 Å². The molecule has 3 nitrogen and oxygen atoms in total. The lowest BCUT2D eigenvalue weighted by molar-refractivity contribution is -0.124. The zero-order valence-corrected chi connectivity index (χ0v) is 6.45. The van der Waals surface area contributed by atoms with Gasteiger partial charge in [0.25, 0.3) is 0 Å². The maximum Gasteiger partial charge on any atom is 0.184 e. The molecule has 1 heterocycles. The van der Waals surface area contributed by atoms with Crippen molar-refractivity contribution in [3.8, 4) is 0 Å². The van der Waals surface area contributed by atoms with E-state index in [1.807, 2.05) is 0 Å². The summed E-state index contributed by atoms with van der Waals surface area (Å²) in [6, 6.07) is 0. The Morgan fingerprint density at radius 2 is 2.55 bits per heavy atom. The second kappa shape index (κ2) is 3.64. The molecule has 0 bridgehead atoms. The van der Waals surface area contributed by atoms with Crippen LogP contribution < -0.4 is 5.73 Å². The number of carbonyl (C=O) groups is 1. The lowest BCUT2D eigenvalue weighted by Gasteiger charge is -2.12. The second-order valence-corrected chi connectivity index (χ2v) is 2.68. The first-order valence-corrected chi connectivity index (χ1v) is 3.77. The van der Waals surface area contributed by atoms with Crippen molar-refractivity contribution in [1.29, 1.82) is 0 Å². The molecule has 2 unspecified atom stereocenters. The number of ether oxygens (including phenoxy) is 1. The van der Waals surface area contributed by atoms with Gasteiger partial charge < -0.3 is 10.5 Å². The molecule has 0 aromatic heterocycles. The second-order valence-electron chi connectivity index (χ2n) is 2.68. The van der Waals surface area contributed by atoms with E-state index in [1.165, 1.54) is 6.08 Å². The van der Waals surface area contributed by atoms with Crippen LogP contribution in [-0.2, 0) is 9.53 Å². The molecule has 1 aliphatic rings. The van der Waals surface area contributed by atoms with Gasteiger partial charge in [0, 0.05) is 12.5 Å². The highest BCUT2D eigenvalue weighted by Crippen LogP contribution is 2.20. The van der Waals surface area contributed by atoms with Gasteiger partial charge in [-0.2, -0.15) is 0 Å². The van der Waals surface area contributed by atoms with Crippen molar-refractivity contribution in [3.05, 3.63) is 12.7 Å². The molecule has 3 heteroatoms. The van der Waals surface area contributed by atoms with E-state index in [0.29, 0.717) is 13.2 Å². The van der Waals surface area contributed by atoms with Crippen molar-refractivity contribution in [2.45, 2.75) is 12.5 Å². The summed E-state index contributed by atoms with van der Waals surface area (Å²) < 4.78 is 5.21. The summed E-state index contributed by atoms with van der Waals surface area (Å²) in [5, 5.41) is 0. The van der Waals surface area contributed by atoms with Gasteiger partial charge in [-0.25, -0.2) is 0 Å². The van der Waals surface area contributed by atoms with Crippen LogP contribution in [0.25, 0.3) is 0 Å². The molecule has 2 atom stereocenters. The van der Waals surface area contributed by atoms with Crippen LogP contribution in [0.15, 0.2) is 12.7 Å². The Bertz CT molecular complexity index is 167. The highest BCUT2D eigenvalue weighted by atomic mass is 16.5. The number of nitrogens with two attached hydrogens (primary N) is 1. The van der Waals surface area contributed by atoms with Crippen LogP contribution >= 0.6 is 0 Å². The number of hydrogen-bond acceptors (Lipinski definition) is 3. The number of rotatable bonds is 3. The van der Waals surface area contributed by atoms with Crippen LogP contribution in [0.4, 0.5) is 0 Å². The molecule has 2 N–H and O–H groups in total. The smallest absolute Gasteiger partial charge is 0.184 e. The maximum absolute atomic E-state index is 11.1. The van der Waals surface area contributed by atoms with Crippen molar-refractivity contribution in [2.24, 2.45) is 11.7 Å². The highest BCUT2D eigenvalue weighted by molar-refractivity contribution is 5.93. The van der Waals surface area contributed by atoms with Gasteiger partial charge in [0.2, 0.25) is 0 Å². The van der Waals surface area contributed by atoms with Crippen molar-refractivity contribution in [3.63, 3.8) is 0 Å². The van der Waals surface area contributed by atoms with Crippen LogP contribution in [-0.4, -0.2) is 25.0 Å². The van der Waals surface area contributed by atoms with Gasteiger partial charge in [-0.15, -0.1) is 0 Å². The zero-order valence-electron chi connectivity index (χ0n) is 6.45. The van der Waals surface area contributed by atoms with E-state index in [2.05, 4.69) is 6.58 Å². The van der Waals surface area contributed by atoms with Gasteiger partial charge in [0.1, 0.15) is 6.10 Å². The van der Waals surface area contributed by atoms with E-state index in [1.54, 1.807) is 0 Å². The molecule has 1 saturated heterocycles. The number of ketones is 1. The summed E-state index contributed by atoms with van der Waals surface area (Å²) in [4.78, 5) is 11.1. The van der Waals surface area contributed by atoms with E-state index in [0.717, 1.165) is 6.42 Å². The molecule has 1 aliphatic heterocycles. The molecule has 0 aromatic carbocycles. The fraction of sp³-hybridized carbons (Fsp3) is 0.625. The third kappa shape index (κ3) is 1.67. The average Bonchev–Trinajstić information content (AvgIpc) is 2.50. The summed E-state index contributed by atoms with van der Waals surface area (Å²) in [5.41, 5.74) is 5.45.